The van der Waals surface area contributed by atoms with Gasteiger partial charge in [-0.15, -0.1) is 0 Å². The maximum Gasteiger partial charge on any atom is 0.0440 e. The zero-order valence-corrected chi connectivity index (χ0v) is 11.3. The molecule has 0 saturated carbocycles. The summed E-state index contributed by atoms with van der Waals surface area (Å²) in [6.07, 6.45) is 4.84. The summed E-state index contributed by atoms with van der Waals surface area (Å²) in [5, 5.41) is 4.10. The van der Waals surface area contributed by atoms with Gasteiger partial charge in [-0.25, -0.2) is 0 Å². The van der Waals surface area contributed by atoms with E-state index in [0.29, 0.717) is 0 Å². The lowest BCUT2D eigenvalue weighted by Gasteiger charge is -2.08. The van der Waals surface area contributed by atoms with E-state index in [1.807, 2.05) is 7.05 Å². The lowest BCUT2D eigenvalue weighted by Crippen LogP contribution is -2.07. The molecule has 0 aromatic heterocycles. The highest BCUT2D eigenvalue weighted by molar-refractivity contribution is 6.31. The number of halogens is 1. The van der Waals surface area contributed by atoms with Gasteiger partial charge in [-0.3, -0.25) is 0 Å². The quantitative estimate of drug-likeness (QED) is 0.743. The zero-order chi connectivity index (χ0) is 12.0. The molecule has 1 aromatic rings. The fourth-order valence-electron chi connectivity index (χ4n) is 1.83. The summed E-state index contributed by atoms with van der Waals surface area (Å²) >= 11 is 6.23. The molecule has 1 aromatic carbocycles. The van der Waals surface area contributed by atoms with E-state index in [0.717, 1.165) is 18.0 Å². The van der Waals surface area contributed by atoms with Gasteiger partial charge >= 0.3 is 0 Å². The summed E-state index contributed by atoms with van der Waals surface area (Å²) in [6, 6.07) is 4.32. The van der Waals surface area contributed by atoms with E-state index >= 15 is 0 Å². The van der Waals surface area contributed by atoms with Crippen LogP contribution in [0.5, 0.6) is 0 Å². The molecule has 0 aliphatic heterocycles. The van der Waals surface area contributed by atoms with Crippen LogP contribution < -0.4 is 5.32 Å². The van der Waals surface area contributed by atoms with Crippen LogP contribution in [0.15, 0.2) is 12.1 Å². The first-order valence-electron chi connectivity index (χ1n) is 6.05. The van der Waals surface area contributed by atoms with Crippen molar-refractivity contribution < 1.29 is 0 Å². The Balaban J connectivity index is 2.45. The zero-order valence-electron chi connectivity index (χ0n) is 10.6. The normalized spacial score (nSPS) is 10.8. The Morgan fingerprint density at radius 1 is 1.06 bits per heavy atom. The number of hydrogen-bond donors (Lipinski definition) is 1. The maximum absolute atomic E-state index is 6.23. The molecule has 90 valence electrons. The third kappa shape index (κ3) is 4.15. The highest BCUT2D eigenvalue weighted by Gasteiger charge is 2.03. The minimum Gasteiger partial charge on any atom is -0.320 e. The smallest absolute Gasteiger partial charge is 0.0440 e. The molecule has 0 fully saturated rings. The largest absolute Gasteiger partial charge is 0.320 e. The van der Waals surface area contributed by atoms with Crippen LogP contribution in [0.3, 0.4) is 0 Å². The van der Waals surface area contributed by atoms with Crippen molar-refractivity contribution in [3.8, 4) is 0 Å². The number of unbranched alkanes of at least 4 members (excludes halogenated alkanes) is 2. The topological polar surface area (TPSA) is 12.0 Å². The van der Waals surface area contributed by atoms with Gasteiger partial charge in [0.25, 0.3) is 0 Å². The SMILES string of the molecule is CNCCCCCc1cc(C)c(C)cc1Cl. The first kappa shape index (κ1) is 13.5. The number of aryl methyl sites for hydroxylation is 3. The van der Waals surface area contributed by atoms with Gasteiger partial charge in [-0.1, -0.05) is 24.1 Å². The molecule has 0 aliphatic rings. The molecular weight excluding hydrogens is 218 g/mol. The van der Waals surface area contributed by atoms with E-state index < -0.39 is 0 Å². The van der Waals surface area contributed by atoms with E-state index in [1.54, 1.807) is 0 Å². The molecule has 0 spiro atoms. The van der Waals surface area contributed by atoms with E-state index in [2.05, 4.69) is 31.3 Å². The highest BCUT2D eigenvalue weighted by atomic mass is 35.5. The van der Waals surface area contributed by atoms with Crippen LogP contribution in [-0.2, 0) is 6.42 Å². The van der Waals surface area contributed by atoms with Gasteiger partial charge in [0.2, 0.25) is 0 Å². The Hall–Kier alpha value is -0.530. The van der Waals surface area contributed by atoms with Crippen molar-refractivity contribution in [3.05, 3.63) is 33.8 Å². The lowest BCUT2D eigenvalue weighted by molar-refractivity contribution is 0.642. The highest BCUT2D eigenvalue weighted by Crippen LogP contribution is 2.22. The van der Waals surface area contributed by atoms with Crippen molar-refractivity contribution in [3.63, 3.8) is 0 Å². The Morgan fingerprint density at radius 2 is 1.75 bits per heavy atom. The molecular formula is C14H22ClN. The number of rotatable bonds is 6. The Labute approximate surface area is 104 Å². The minimum absolute atomic E-state index is 0.928. The predicted octanol–water partition coefficient (Wildman–Crippen LogP) is 3.89. The molecule has 0 heterocycles. The first-order chi connectivity index (χ1) is 7.65. The van der Waals surface area contributed by atoms with Crippen LogP contribution in [0.2, 0.25) is 5.02 Å². The van der Waals surface area contributed by atoms with Gasteiger partial charge in [0.15, 0.2) is 0 Å². The summed E-state index contributed by atoms with van der Waals surface area (Å²) in [7, 11) is 2.00. The third-order valence-electron chi connectivity index (χ3n) is 3.04. The summed E-state index contributed by atoms with van der Waals surface area (Å²) < 4.78 is 0. The molecule has 0 atom stereocenters. The molecule has 0 bridgehead atoms. The predicted molar refractivity (Wildman–Crippen MR) is 72.4 cm³/mol. The Morgan fingerprint density at radius 3 is 2.44 bits per heavy atom. The monoisotopic (exact) mass is 239 g/mol. The maximum atomic E-state index is 6.23. The Bertz CT molecular complexity index is 334. The molecule has 1 nitrogen and oxygen atoms in total. The standard InChI is InChI=1S/C14H22ClN/c1-11-9-13(14(15)10-12(11)2)7-5-4-6-8-16-3/h9-10,16H,4-8H2,1-3H3. The van der Waals surface area contributed by atoms with Crippen molar-refractivity contribution in [2.75, 3.05) is 13.6 Å². The van der Waals surface area contributed by atoms with Gasteiger partial charge in [-0.2, -0.15) is 0 Å². The molecule has 0 unspecified atom stereocenters. The van der Waals surface area contributed by atoms with E-state index in [4.69, 9.17) is 11.6 Å². The van der Waals surface area contributed by atoms with Gasteiger partial charge in [0, 0.05) is 5.02 Å². The second-order valence-electron chi connectivity index (χ2n) is 4.44. The van der Waals surface area contributed by atoms with E-state index in [-0.39, 0.29) is 0 Å². The molecule has 0 amide bonds. The molecule has 16 heavy (non-hydrogen) atoms. The van der Waals surface area contributed by atoms with Crippen molar-refractivity contribution >= 4 is 11.6 Å². The third-order valence-corrected chi connectivity index (χ3v) is 3.39. The molecule has 0 saturated heterocycles. The van der Waals surface area contributed by atoms with Crippen molar-refractivity contribution in [2.24, 2.45) is 0 Å². The summed E-state index contributed by atoms with van der Waals surface area (Å²) in [5.74, 6) is 0. The van der Waals surface area contributed by atoms with Crippen LogP contribution in [0.1, 0.15) is 36.0 Å². The average molecular weight is 240 g/mol. The molecule has 1 N–H and O–H groups in total. The summed E-state index contributed by atoms with van der Waals surface area (Å²) in [5.41, 5.74) is 3.92. The fraction of sp³-hybridized carbons (Fsp3) is 0.571. The van der Waals surface area contributed by atoms with Gasteiger partial charge in [0.05, 0.1) is 0 Å². The number of nitrogens with one attached hydrogen (secondary N) is 1. The van der Waals surface area contributed by atoms with Crippen LogP contribution in [0.25, 0.3) is 0 Å². The lowest BCUT2D eigenvalue weighted by atomic mass is 10.0. The van der Waals surface area contributed by atoms with Gasteiger partial charge in [0.1, 0.15) is 0 Å². The van der Waals surface area contributed by atoms with Crippen LogP contribution in [0, 0.1) is 13.8 Å². The fourth-order valence-corrected chi connectivity index (χ4v) is 2.14. The second-order valence-corrected chi connectivity index (χ2v) is 4.85. The van der Waals surface area contributed by atoms with Gasteiger partial charge in [-0.05, 0) is 69.5 Å². The van der Waals surface area contributed by atoms with Gasteiger partial charge < -0.3 is 5.32 Å². The van der Waals surface area contributed by atoms with Crippen molar-refractivity contribution in [1.82, 2.24) is 5.32 Å². The number of hydrogen-bond acceptors (Lipinski definition) is 1. The average Bonchev–Trinajstić information content (AvgIpc) is 2.25. The molecule has 1 rings (SSSR count). The summed E-state index contributed by atoms with van der Waals surface area (Å²) in [6.45, 7) is 5.37. The second kappa shape index (κ2) is 6.93. The van der Waals surface area contributed by atoms with Crippen LogP contribution in [-0.4, -0.2) is 13.6 Å². The van der Waals surface area contributed by atoms with Crippen LogP contribution in [0.4, 0.5) is 0 Å². The molecule has 0 aliphatic carbocycles. The first-order valence-corrected chi connectivity index (χ1v) is 6.43. The van der Waals surface area contributed by atoms with Crippen molar-refractivity contribution in [1.29, 1.82) is 0 Å². The van der Waals surface area contributed by atoms with E-state index in [9.17, 15) is 0 Å². The van der Waals surface area contributed by atoms with E-state index in [1.165, 1.54) is 36.0 Å². The Kier molecular flexibility index (Phi) is 5.86. The van der Waals surface area contributed by atoms with Crippen LogP contribution >= 0.6 is 11.6 Å². The number of benzene rings is 1. The van der Waals surface area contributed by atoms with Crippen molar-refractivity contribution in [2.45, 2.75) is 39.5 Å². The molecule has 2 heteroatoms. The summed E-state index contributed by atoms with van der Waals surface area (Å²) in [4.78, 5) is 0. The molecule has 0 radical (unpaired) electrons. The minimum atomic E-state index is 0.928.